The summed E-state index contributed by atoms with van der Waals surface area (Å²) < 4.78 is 0. The Morgan fingerprint density at radius 2 is 2.56 bits per heavy atom. The number of carbonyl (C=O) groups is 1. The molecular formula is C10H13N5O2S. The molecule has 0 saturated carbocycles. The van der Waals surface area contributed by atoms with E-state index in [1.165, 1.54) is 11.3 Å². The van der Waals surface area contributed by atoms with Gasteiger partial charge in [0.05, 0.1) is 22.7 Å². The van der Waals surface area contributed by atoms with Crippen molar-refractivity contribution < 1.29 is 9.90 Å². The zero-order valence-corrected chi connectivity index (χ0v) is 10.6. The Morgan fingerprint density at radius 1 is 1.78 bits per heavy atom. The van der Waals surface area contributed by atoms with Gasteiger partial charge in [0.15, 0.2) is 5.13 Å². The van der Waals surface area contributed by atoms with Gasteiger partial charge in [-0.15, -0.1) is 0 Å². The van der Waals surface area contributed by atoms with E-state index in [4.69, 9.17) is 5.53 Å². The average Bonchev–Trinajstić information content (AvgIpc) is 2.76. The summed E-state index contributed by atoms with van der Waals surface area (Å²) in [6.45, 7) is 1.76. The molecule has 0 bridgehead atoms. The lowest BCUT2D eigenvalue weighted by Gasteiger charge is -2.22. The molecule has 1 aromatic rings. The van der Waals surface area contributed by atoms with Gasteiger partial charge in [0, 0.05) is 11.3 Å². The van der Waals surface area contributed by atoms with Gasteiger partial charge in [-0.05, 0) is 18.4 Å². The number of fused-ring (bicyclic) bond motifs is 1. The Morgan fingerprint density at radius 3 is 3.22 bits per heavy atom. The predicted octanol–water partition coefficient (Wildman–Crippen LogP) is 2.15. The molecular weight excluding hydrogens is 254 g/mol. The normalized spacial score (nSPS) is 21.9. The molecule has 2 rings (SSSR count). The van der Waals surface area contributed by atoms with Crippen LogP contribution in [0.1, 0.15) is 36.4 Å². The number of nitrogens with one attached hydrogen (secondary N) is 1. The molecule has 1 aromatic heterocycles. The minimum Gasteiger partial charge on any atom is -0.387 e. The molecule has 1 aliphatic rings. The van der Waals surface area contributed by atoms with Crippen LogP contribution in [0.15, 0.2) is 5.11 Å². The summed E-state index contributed by atoms with van der Waals surface area (Å²) in [5.41, 5.74) is 9.20. The number of amides is 1. The van der Waals surface area contributed by atoms with E-state index in [0.29, 0.717) is 29.3 Å². The fourth-order valence-electron chi connectivity index (χ4n) is 1.84. The molecule has 1 amide bonds. The van der Waals surface area contributed by atoms with Crippen molar-refractivity contribution in [3.63, 3.8) is 0 Å². The highest BCUT2D eigenvalue weighted by Gasteiger charge is 2.30. The minimum atomic E-state index is -0.825. The smallest absolute Gasteiger partial charge is 0.225 e. The first-order valence-electron chi connectivity index (χ1n) is 5.67. The highest BCUT2D eigenvalue weighted by molar-refractivity contribution is 7.16. The van der Waals surface area contributed by atoms with Crippen LogP contribution in [-0.4, -0.2) is 22.0 Å². The number of hydrogen-bond acceptors (Lipinski definition) is 5. The average molecular weight is 267 g/mol. The number of aryl methyl sites for hydroxylation is 1. The molecule has 7 nitrogen and oxygen atoms in total. The van der Waals surface area contributed by atoms with E-state index in [0.717, 1.165) is 5.69 Å². The van der Waals surface area contributed by atoms with Crippen LogP contribution in [0.3, 0.4) is 0 Å². The Labute approximate surface area is 107 Å². The van der Waals surface area contributed by atoms with Crippen molar-refractivity contribution >= 4 is 22.4 Å². The van der Waals surface area contributed by atoms with Crippen LogP contribution in [0.4, 0.5) is 5.13 Å². The van der Waals surface area contributed by atoms with Gasteiger partial charge in [-0.2, -0.15) is 0 Å². The Balaban J connectivity index is 2.21. The number of hydrogen-bond donors (Lipinski definition) is 2. The Hall–Kier alpha value is -1.63. The van der Waals surface area contributed by atoms with Crippen LogP contribution in [-0.2, 0) is 11.2 Å². The highest BCUT2D eigenvalue weighted by atomic mass is 32.1. The van der Waals surface area contributed by atoms with E-state index in [2.05, 4.69) is 20.3 Å². The monoisotopic (exact) mass is 267 g/mol. The highest BCUT2D eigenvalue weighted by Crippen LogP contribution is 2.37. The number of nitrogens with zero attached hydrogens (tertiary/aromatic N) is 4. The summed E-state index contributed by atoms with van der Waals surface area (Å²) in [4.78, 5) is 19.0. The first kappa shape index (κ1) is 12.8. The van der Waals surface area contributed by atoms with E-state index in [9.17, 15) is 9.90 Å². The molecule has 0 aromatic carbocycles. The van der Waals surface area contributed by atoms with Crippen molar-refractivity contribution in [3.8, 4) is 0 Å². The van der Waals surface area contributed by atoms with Crippen molar-refractivity contribution in [2.45, 2.75) is 38.3 Å². The van der Waals surface area contributed by atoms with Gasteiger partial charge in [-0.1, -0.05) is 23.4 Å². The molecule has 2 atom stereocenters. The maximum Gasteiger partial charge on any atom is 0.225 e. The minimum absolute atomic E-state index is 0.109. The van der Waals surface area contributed by atoms with Crippen LogP contribution in [0.25, 0.3) is 10.4 Å². The molecule has 2 unspecified atom stereocenters. The van der Waals surface area contributed by atoms with E-state index >= 15 is 0 Å². The fourth-order valence-corrected chi connectivity index (χ4v) is 2.91. The number of aliphatic hydroxyl groups is 1. The Bertz CT molecular complexity index is 508. The molecule has 0 saturated heterocycles. The van der Waals surface area contributed by atoms with E-state index in [1.54, 1.807) is 6.92 Å². The lowest BCUT2D eigenvalue weighted by atomic mass is 9.96. The lowest BCUT2D eigenvalue weighted by molar-refractivity contribution is -0.115. The SMILES string of the molecule is CCC(=O)Nc1nc2c(s1)C(O)C(N=[N+]=[N-])CC2. The van der Waals surface area contributed by atoms with Gasteiger partial charge in [0.1, 0.15) is 0 Å². The van der Waals surface area contributed by atoms with Crippen molar-refractivity contribution in [3.05, 3.63) is 21.0 Å². The molecule has 0 radical (unpaired) electrons. The van der Waals surface area contributed by atoms with Crippen molar-refractivity contribution in [2.24, 2.45) is 5.11 Å². The van der Waals surface area contributed by atoms with Crippen LogP contribution in [0.5, 0.6) is 0 Å². The number of aromatic nitrogens is 1. The topological polar surface area (TPSA) is 111 Å². The number of azide groups is 1. The summed E-state index contributed by atoms with van der Waals surface area (Å²) in [7, 11) is 0. The quantitative estimate of drug-likeness (QED) is 0.497. The molecule has 18 heavy (non-hydrogen) atoms. The van der Waals surface area contributed by atoms with Crippen LogP contribution < -0.4 is 5.32 Å². The van der Waals surface area contributed by atoms with Crippen molar-refractivity contribution in [1.82, 2.24) is 4.98 Å². The van der Waals surface area contributed by atoms with E-state index < -0.39 is 12.1 Å². The molecule has 0 aliphatic heterocycles. The summed E-state index contributed by atoms with van der Waals surface area (Å²) in [6, 6.07) is -0.447. The zero-order valence-electron chi connectivity index (χ0n) is 9.83. The number of rotatable bonds is 3. The largest absolute Gasteiger partial charge is 0.387 e. The standard InChI is InChI=1S/C10H13N5O2S/c1-2-7(16)13-10-12-6-4-3-5(14-15-11)8(17)9(6)18-10/h5,8,17H,2-4H2,1H3,(H,12,13,16). The molecule has 0 spiro atoms. The number of anilines is 1. The maximum atomic E-state index is 11.3. The van der Waals surface area contributed by atoms with Gasteiger partial charge in [0.25, 0.3) is 0 Å². The van der Waals surface area contributed by atoms with Crippen molar-refractivity contribution in [1.29, 1.82) is 0 Å². The lowest BCUT2D eigenvalue weighted by Crippen LogP contribution is -2.22. The molecule has 1 heterocycles. The van der Waals surface area contributed by atoms with E-state index in [1.807, 2.05) is 0 Å². The first-order valence-corrected chi connectivity index (χ1v) is 6.49. The second-order valence-corrected chi connectivity index (χ2v) is 5.02. The Kier molecular flexibility index (Phi) is 3.81. The fraction of sp³-hybridized carbons (Fsp3) is 0.600. The summed E-state index contributed by atoms with van der Waals surface area (Å²) in [6.07, 6.45) is 0.778. The number of thiazole rings is 1. The number of carbonyl (C=O) groups excluding carboxylic acids is 1. The van der Waals surface area contributed by atoms with Gasteiger partial charge in [-0.25, -0.2) is 4.98 Å². The third kappa shape index (κ3) is 2.45. The number of aliphatic hydroxyl groups excluding tert-OH is 1. The molecule has 8 heteroatoms. The molecule has 2 N–H and O–H groups in total. The molecule has 0 fully saturated rings. The summed E-state index contributed by atoms with van der Waals surface area (Å²) in [5.74, 6) is -0.109. The van der Waals surface area contributed by atoms with Crippen LogP contribution in [0.2, 0.25) is 0 Å². The van der Waals surface area contributed by atoms with Gasteiger partial charge in [0.2, 0.25) is 5.91 Å². The van der Waals surface area contributed by atoms with Crippen LogP contribution in [0, 0.1) is 0 Å². The van der Waals surface area contributed by atoms with Gasteiger partial charge < -0.3 is 10.4 Å². The van der Waals surface area contributed by atoms with Gasteiger partial charge >= 0.3 is 0 Å². The van der Waals surface area contributed by atoms with Crippen molar-refractivity contribution in [2.75, 3.05) is 5.32 Å². The second kappa shape index (κ2) is 5.34. The summed E-state index contributed by atoms with van der Waals surface area (Å²) in [5, 5.41) is 16.8. The third-order valence-corrected chi connectivity index (χ3v) is 3.89. The third-order valence-electron chi connectivity index (χ3n) is 2.80. The molecule has 1 aliphatic carbocycles. The molecule has 96 valence electrons. The van der Waals surface area contributed by atoms with E-state index in [-0.39, 0.29) is 5.91 Å². The zero-order chi connectivity index (χ0) is 13.1. The second-order valence-electron chi connectivity index (χ2n) is 3.99. The predicted molar refractivity (Wildman–Crippen MR) is 67.2 cm³/mol. The maximum absolute atomic E-state index is 11.3. The summed E-state index contributed by atoms with van der Waals surface area (Å²) >= 11 is 1.24. The van der Waals surface area contributed by atoms with Gasteiger partial charge in [-0.3, -0.25) is 4.79 Å². The van der Waals surface area contributed by atoms with Crippen LogP contribution >= 0.6 is 11.3 Å². The first-order chi connectivity index (χ1) is 8.65.